The van der Waals surface area contributed by atoms with Crippen molar-refractivity contribution in [3.8, 4) is 11.5 Å². The third kappa shape index (κ3) is 3.16. The van der Waals surface area contributed by atoms with E-state index in [1.165, 1.54) is 35.1 Å². The van der Waals surface area contributed by atoms with Gasteiger partial charge in [0.1, 0.15) is 11.2 Å². The van der Waals surface area contributed by atoms with Gasteiger partial charge >= 0.3 is 0 Å². The summed E-state index contributed by atoms with van der Waals surface area (Å²) in [5.74, 6) is 1.58. The molecule has 1 aromatic carbocycles. The molecule has 10 heteroatoms. The van der Waals surface area contributed by atoms with Gasteiger partial charge in [0.2, 0.25) is 0 Å². The summed E-state index contributed by atoms with van der Waals surface area (Å²) in [5, 5.41) is 11.2. The fourth-order valence-electron chi connectivity index (χ4n) is 4.65. The number of hydrogen-bond acceptors (Lipinski definition) is 8. The van der Waals surface area contributed by atoms with Gasteiger partial charge in [-0.25, -0.2) is 19.2 Å². The number of fused-ring (bicyclic) bond motifs is 6. The Morgan fingerprint density at radius 2 is 2.00 bits per heavy atom. The molecular weight excluding hydrogens is 440 g/mol. The Kier molecular flexibility index (Phi) is 4.75. The number of benzene rings is 1. The third-order valence-electron chi connectivity index (χ3n) is 6.25. The highest BCUT2D eigenvalue weighted by atomic mass is 32.1. The summed E-state index contributed by atoms with van der Waals surface area (Å²) in [4.78, 5) is 25.1. The van der Waals surface area contributed by atoms with Crippen LogP contribution in [-0.4, -0.2) is 43.6 Å². The number of ether oxygens (including phenoxy) is 2. The van der Waals surface area contributed by atoms with E-state index in [9.17, 15) is 4.79 Å². The molecule has 9 nitrogen and oxygen atoms in total. The molecule has 0 fully saturated rings. The fraction of sp³-hybridized carbons (Fsp3) is 0.348. The van der Waals surface area contributed by atoms with Gasteiger partial charge in [0.25, 0.3) is 5.56 Å². The van der Waals surface area contributed by atoms with Crippen molar-refractivity contribution in [1.29, 1.82) is 0 Å². The van der Waals surface area contributed by atoms with E-state index in [0.717, 1.165) is 28.7 Å². The second kappa shape index (κ2) is 7.80. The van der Waals surface area contributed by atoms with Gasteiger partial charge in [-0.2, -0.15) is 5.10 Å². The molecule has 4 heterocycles. The lowest BCUT2D eigenvalue weighted by Gasteiger charge is -2.11. The van der Waals surface area contributed by atoms with Gasteiger partial charge in [0, 0.05) is 16.7 Å². The van der Waals surface area contributed by atoms with Crippen LogP contribution in [0.4, 0.5) is 0 Å². The van der Waals surface area contributed by atoms with Gasteiger partial charge in [-0.15, -0.1) is 16.4 Å². The average molecular weight is 463 g/mol. The van der Waals surface area contributed by atoms with E-state index in [1.807, 2.05) is 0 Å². The van der Waals surface area contributed by atoms with E-state index in [0.29, 0.717) is 41.1 Å². The first-order chi connectivity index (χ1) is 16.2. The molecule has 0 radical (unpaired) electrons. The lowest BCUT2D eigenvalue weighted by atomic mass is 9.97. The molecule has 0 N–H and O–H groups in total. The van der Waals surface area contributed by atoms with Crippen molar-refractivity contribution in [2.75, 3.05) is 14.2 Å². The van der Waals surface area contributed by atoms with Crippen molar-refractivity contribution >= 4 is 38.0 Å². The number of nitrogens with zero attached hydrogens (tertiary/aromatic N) is 6. The molecule has 0 saturated carbocycles. The average Bonchev–Trinajstić information content (AvgIpc) is 3.43. The van der Waals surface area contributed by atoms with Crippen LogP contribution in [-0.2, 0) is 25.8 Å². The lowest BCUT2D eigenvalue weighted by Crippen LogP contribution is -2.24. The predicted octanol–water partition coefficient (Wildman–Crippen LogP) is 3.19. The third-order valence-corrected chi connectivity index (χ3v) is 7.45. The minimum atomic E-state index is -0.233. The second-order valence-electron chi connectivity index (χ2n) is 8.12. The minimum absolute atomic E-state index is 0.233. The summed E-state index contributed by atoms with van der Waals surface area (Å²) in [6, 6.07) is 3.57. The molecule has 0 unspecified atom stereocenters. The molecule has 0 amide bonds. The Morgan fingerprint density at radius 1 is 1.12 bits per heavy atom. The quantitative estimate of drug-likeness (QED) is 0.396. The normalized spacial score (nSPS) is 13.6. The maximum Gasteiger partial charge on any atom is 0.278 e. The number of thiophene rings is 1. The van der Waals surface area contributed by atoms with Crippen LogP contribution in [0.15, 0.2) is 29.5 Å². The van der Waals surface area contributed by atoms with Crippen molar-refractivity contribution in [2.45, 2.75) is 38.6 Å². The van der Waals surface area contributed by atoms with Crippen molar-refractivity contribution in [3.63, 3.8) is 0 Å². The molecule has 0 atom stereocenters. The number of hydrogen-bond donors (Lipinski definition) is 0. The summed E-state index contributed by atoms with van der Waals surface area (Å²) in [7, 11) is 3.08. The first-order valence-corrected chi connectivity index (χ1v) is 11.7. The van der Waals surface area contributed by atoms with Crippen LogP contribution in [0.25, 0.3) is 26.6 Å². The monoisotopic (exact) mass is 462 g/mol. The summed E-state index contributed by atoms with van der Waals surface area (Å²) >= 11 is 1.77. The standard InChI is InChI=1S/C23H22N6O3S/c1-31-15-8-7-13-11-25-28(23(30)18(13)20(15)32-2)10-9-17-26-21-19-14-5-3-4-6-16(14)33-22(19)24-12-29(21)27-17/h7-8,11-12H,3-6,9-10H2,1-2H3. The molecule has 0 aliphatic heterocycles. The molecule has 1 aliphatic carbocycles. The highest BCUT2D eigenvalue weighted by Crippen LogP contribution is 2.37. The number of rotatable bonds is 5. The van der Waals surface area contributed by atoms with Crippen LogP contribution in [0.2, 0.25) is 0 Å². The highest BCUT2D eigenvalue weighted by molar-refractivity contribution is 7.19. The Hall–Kier alpha value is -3.53. The van der Waals surface area contributed by atoms with Crippen LogP contribution < -0.4 is 15.0 Å². The van der Waals surface area contributed by atoms with Crippen LogP contribution in [0.3, 0.4) is 0 Å². The highest BCUT2D eigenvalue weighted by Gasteiger charge is 2.21. The van der Waals surface area contributed by atoms with Crippen molar-refractivity contribution in [3.05, 3.63) is 51.3 Å². The van der Waals surface area contributed by atoms with Crippen molar-refractivity contribution < 1.29 is 9.47 Å². The largest absolute Gasteiger partial charge is 0.493 e. The first kappa shape index (κ1) is 20.1. The Balaban J connectivity index is 1.37. The van der Waals surface area contributed by atoms with Gasteiger partial charge in [0.15, 0.2) is 23.0 Å². The van der Waals surface area contributed by atoms with Gasteiger partial charge < -0.3 is 9.47 Å². The Bertz CT molecular complexity index is 1580. The molecule has 168 valence electrons. The summed E-state index contributed by atoms with van der Waals surface area (Å²) < 4.78 is 14.0. The number of methoxy groups -OCH3 is 2. The van der Waals surface area contributed by atoms with E-state index in [4.69, 9.17) is 14.5 Å². The van der Waals surface area contributed by atoms with Gasteiger partial charge in [-0.05, 0) is 43.4 Å². The van der Waals surface area contributed by atoms with E-state index < -0.39 is 0 Å². The number of aryl methyl sites for hydroxylation is 4. The van der Waals surface area contributed by atoms with Crippen molar-refractivity contribution in [2.24, 2.45) is 0 Å². The summed E-state index contributed by atoms with van der Waals surface area (Å²) in [6.45, 7) is 0.352. The van der Waals surface area contributed by atoms with Crippen LogP contribution >= 0.6 is 11.3 Å². The van der Waals surface area contributed by atoms with Crippen molar-refractivity contribution in [1.82, 2.24) is 29.4 Å². The molecule has 0 spiro atoms. The molecule has 5 aromatic rings. The molecule has 6 rings (SSSR count). The van der Waals surface area contributed by atoms with E-state index in [2.05, 4.69) is 15.2 Å². The maximum atomic E-state index is 13.2. The molecule has 33 heavy (non-hydrogen) atoms. The predicted molar refractivity (Wildman–Crippen MR) is 126 cm³/mol. The molecule has 0 bridgehead atoms. The number of aromatic nitrogens is 6. The van der Waals surface area contributed by atoms with E-state index in [-0.39, 0.29) is 5.56 Å². The van der Waals surface area contributed by atoms with Crippen LogP contribution in [0, 0.1) is 0 Å². The summed E-state index contributed by atoms with van der Waals surface area (Å²) in [5.41, 5.74) is 1.99. The second-order valence-corrected chi connectivity index (χ2v) is 9.20. The lowest BCUT2D eigenvalue weighted by molar-refractivity contribution is 0.358. The van der Waals surface area contributed by atoms with Crippen LogP contribution in [0.5, 0.6) is 11.5 Å². The van der Waals surface area contributed by atoms with Gasteiger partial charge in [-0.3, -0.25) is 4.79 Å². The minimum Gasteiger partial charge on any atom is -0.493 e. The summed E-state index contributed by atoms with van der Waals surface area (Å²) in [6.07, 6.45) is 8.49. The maximum absolute atomic E-state index is 13.2. The zero-order valence-corrected chi connectivity index (χ0v) is 19.2. The smallest absolute Gasteiger partial charge is 0.278 e. The zero-order valence-electron chi connectivity index (χ0n) is 18.4. The molecule has 1 aliphatic rings. The van der Waals surface area contributed by atoms with E-state index in [1.54, 1.807) is 47.6 Å². The Morgan fingerprint density at radius 3 is 2.85 bits per heavy atom. The fourth-order valence-corrected chi connectivity index (χ4v) is 5.88. The Labute approximate surface area is 192 Å². The van der Waals surface area contributed by atoms with Gasteiger partial charge in [-0.1, -0.05) is 0 Å². The molecule has 0 saturated heterocycles. The molecular formula is C23H22N6O3S. The first-order valence-electron chi connectivity index (χ1n) is 10.9. The zero-order chi connectivity index (χ0) is 22.5. The SMILES string of the molecule is COc1ccc2cnn(CCc3nc4c5c6c(sc5ncn4n3)CCCC6)c(=O)c2c1OC. The topological polar surface area (TPSA) is 96.4 Å². The molecule has 4 aromatic heterocycles. The van der Waals surface area contributed by atoms with Gasteiger partial charge in [0.05, 0.1) is 37.7 Å². The van der Waals surface area contributed by atoms with Crippen LogP contribution in [0.1, 0.15) is 29.1 Å². The van der Waals surface area contributed by atoms with E-state index >= 15 is 0 Å².